The number of nitrogens with zero attached hydrogens (tertiary/aromatic N) is 1. The van der Waals surface area contributed by atoms with E-state index in [-0.39, 0.29) is 31.0 Å². The van der Waals surface area contributed by atoms with Crippen LogP contribution in [0.25, 0.3) is 0 Å². The van der Waals surface area contributed by atoms with Gasteiger partial charge in [-0.25, -0.2) is 0 Å². The van der Waals surface area contributed by atoms with Gasteiger partial charge >= 0.3 is 0 Å². The van der Waals surface area contributed by atoms with Gasteiger partial charge in [-0.2, -0.15) is 0 Å². The Morgan fingerprint density at radius 3 is 2.48 bits per heavy atom. The molecule has 0 radical (unpaired) electrons. The van der Waals surface area contributed by atoms with E-state index in [0.29, 0.717) is 15.2 Å². The van der Waals surface area contributed by atoms with E-state index < -0.39 is 6.04 Å². The zero-order valence-electron chi connectivity index (χ0n) is 19.0. The molecule has 0 heterocycles. The fourth-order valence-corrected chi connectivity index (χ4v) is 4.69. The molecular weight excluding hydrogens is 508 g/mol. The standard InChI is InChI=1S/C25H30BrClN2O4/c1-17(25(31)28-20-6-4-3-5-7-20)29(15-18-8-11-21(32-2)12-9-18)24(30)16-33-23-13-10-19(27)14-22(23)26/h8-14,17,20H,3-7,15-16H2,1-2H3,(H,28,31)/t17-/m0/s1. The summed E-state index contributed by atoms with van der Waals surface area (Å²) in [4.78, 5) is 27.8. The normalized spacial score (nSPS) is 14.9. The molecular formula is C25H30BrClN2O4. The topological polar surface area (TPSA) is 67.9 Å². The molecule has 6 nitrogen and oxygen atoms in total. The van der Waals surface area contributed by atoms with Crippen LogP contribution >= 0.6 is 27.5 Å². The smallest absolute Gasteiger partial charge is 0.261 e. The van der Waals surface area contributed by atoms with Crippen molar-refractivity contribution in [1.82, 2.24) is 10.2 Å². The number of ether oxygens (including phenoxy) is 2. The molecule has 8 heteroatoms. The number of amides is 2. The average Bonchev–Trinajstić information content (AvgIpc) is 2.82. The van der Waals surface area contributed by atoms with Crippen LogP contribution in [0.3, 0.4) is 0 Å². The Kier molecular flexibility index (Phi) is 9.44. The quantitative estimate of drug-likeness (QED) is 0.468. The van der Waals surface area contributed by atoms with Crippen molar-refractivity contribution in [3.8, 4) is 11.5 Å². The van der Waals surface area contributed by atoms with Gasteiger partial charge in [0.1, 0.15) is 17.5 Å². The molecule has 1 aliphatic rings. The average molecular weight is 538 g/mol. The van der Waals surface area contributed by atoms with Crippen LogP contribution in [0.4, 0.5) is 0 Å². The van der Waals surface area contributed by atoms with Gasteiger partial charge in [0.2, 0.25) is 5.91 Å². The van der Waals surface area contributed by atoms with Gasteiger partial charge in [-0.15, -0.1) is 0 Å². The molecule has 2 aromatic rings. The number of benzene rings is 2. The number of hydrogen-bond acceptors (Lipinski definition) is 4. The number of methoxy groups -OCH3 is 1. The molecule has 0 bridgehead atoms. The first kappa shape index (κ1) is 25.4. The van der Waals surface area contributed by atoms with E-state index >= 15 is 0 Å². The predicted octanol–water partition coefficient (Wildman–Crippen LogP) is 5.36. The van der Waals surface area contributed by atoms with Crippen molar-refractivity contribution in [2.24, 2.45) is 0 Å². The van der Waals surface area contributed by atoms with Crippen LogP contribution in [0.1, 0.15) is 44.6 Å². The van der Waals surface area contributed by atoms with Crippen molar-refractivity contribution < 1.29 is 19.1 Å². The Morgan fingerprint density at radius 1 is 1.15 bits per heavy atom. The molecule has 33 heavy (non-hydrogen) atoms. The lowest BCUT2D eigenvalue weighted by Crippen LogP contribution is -2.51. The van der Waals surface area contributed by atoms with E-state index in [9.17, 15) is 9.59 Å². The third-order valence-electron chi connectivity index (χ3n) is 5.88. The van der Waals surface area contributed by atoms with E-state index in [1.54, 1.807) is 37.1 Å². The van der Waals surface area contributed by atoms with E-state index in [1.165, 1.54) is 6.42 Å². The molecule has 1 atom stereocenters. The Hall–Kier alpha value is -2.25. The Balaban J connectivity index is 1.72. The third kappa shape index (κ3) is 7.37. The number of carbonyl (C=O) groups excluding carboxylic acids is 2. The van der Waals surface area contributed by atoms with Gasteiger partial charge in [0.05, 0.1) is 11.6 Å². The van der Waals surface area contributed by atoms with Crippen LogP contribution in [-0.4, -0.2) is 42.5 Å². The number of nitrogens with one attached hydrogen (secondary N) is 1. The summed E-state index contributed by atoms with van der Waals surface area (Å²) in [5, 5.41) is 3.70. The number of hydrogen-bond donors (Lipinski definition) is 1. The zero-order valence-corrected chi connectivity index (χ0v) is 21.3. The fourth-order valence-electron chi connectivity index (χ4n) is 3.89. The molecule has 0 aliphatic heterocycles. The minimum Gasteiger partial charge on any atom is -0.497 e. The first-order valence-corrected chi connectivity index (χ1v) is 12.3. The van der Waals surface area contributed by atoms with Gasteiger partial charge in [0.25, 0.3) is 5.91 Å². The lowest BCUT2D eigenvalue weighted by molar-refractivity contribution is -0.142. The molecule has 2 amide bonds. The molecule has 0 unspecified atom stereocenters. The first-order chi connectivity index (χ1) is 15.9. The maximum Gasteiger partial charge on any atom is 0.261 e. The molecule has 1 aliphatic carbocycles. The molecule has 0 saturated heterocycles. The second-order valence-electron chi connectivity index (χ2n) is 8.25. The number of rotatable bonds is 9. The Labute approximate surface area is 208 Å². The summed E-state index contributed by atoms with van der Waals surface area (Å²) in [6.45, 7) is 1.85. The van der Waals surface area contributed by atoms with E-state index in [2.05, 4.69) is 21.2 Å². The van der Waals surface area contributed by atoms with E-state index in [0.717, 1.165) is 37.0 Å². The number of halogens is 2. The summed E-state index contributed by atoms with van der Waals surface area (Å²) < 4.78 is 11.6. The van der Waals surface area contributed by atoms with Crippen LogP contribution in [0, 0.1) is 0 Å². The molecule has 1 saturated carbocycles. The second kappa shape index (κ2) is 12.3. The SMILES string of the molecule is COc1ccc(CN(C(=O)COc2ccc(Cl)cc2Br)[C@@H](C)C(=O)NC2CCCCC2)cc1. The largest absolute Gasteiger partial charge is 0.497 e. The van der Waals surface area contributed by atoms with Gasteiger partial charge in [0, 0.05) is 17.6 Å². The van der Waals surface area contributed by atoms with Crippen molar-refractivity contribution in [3.63, 3.8) is 0 Å². The highest BCUT2D eigenvalue weighted by Gasteiger charge is 2.28. The highest BCUT2D eigenvalue weighted by Crippen LogP contribution is 2.28. The molecule has 178 valence electrons. The third-order valence-corrected chi connectivity index (χ3v) is 6.73. The predicted molar refractivity (Wildman–Crippen MR) is 133 cm³/mol. The summed E-state index contributed by atoms with van der Waals surface area (Å²) in [5.74, 6) is 0.822. The van der Waals surface area contributed by atoms with Gasteiger partial charge in [0.15, 0.2) is 6.61 Å². The Morgan fingerprint density at radius 2 is 1.85 bits per heavy atom. The van der Waals surface area contributed by atoms with E-state index in [1.807, 2.05) is 24.3 Å². The lowest BCUT2D eigenvalue weighted by atomic mass is 9.95. The van der Waals surface area contributed by atoms with Crippen LogP contribution in [0.5, 0.6) is 11.5 Å². The molecule has 0 aromatic heterocycles. The van der Waals surface area contributed by atoms with Crippen LogP contribution < -0.4 is 14.8 Å². The molecule has 2 aromatic carbocycles. The second-order valence-corrected chi connectivity index (χ2v) is 9.54. The van der Waals surface area contributed by atoms with Crippen LogP contribution in [0.2, 0.25) is 5.02 Å². The lowest BCUT2D eigenvalue weighted by Gasteiger charge is -2.31. The first-order valence-electron chi connectivity index (χ1n) is 11.2. The van der Waals surface area contributed by atoms with Gasteiger partial charge < -0.3 is 19.7 Å². The Bertz CT molecular complexity index is 948. The zero-order chi connectivity index (χ0) is 23.8. The van der Waals surface area contributed by atoms with Crippen LogP contribution in [0.15, 0.2) is 46.9 Å². The number of carbonyl (C=O) groups is 2. The van der Waals surface area contributed by atoms with Gasteiger partial charge in [-0.1, -0.05) is 43.0 Å². The van der Waals surface area contributed by atoms with Crippen molar-refractivity contribution in [3.05, 3.63) is 57.5 Å². The van der Waals surface area contributed by atoms with Crippen LogP contribution in [-0.2, 0) is 16.1 Å². The van der Waals surface area contributed by atoms with Crippen molar-refractivity contribution in [2.75, 3.05) is 13.7 Å². The fraction of sp³-hybridized carbons (Fsp3) is 0.440. The minimum absolute atomic E-state index is 0.142. The minimum atomic E-state index is -0.640. The molecule has 1 N–H and O–H groups in total. The highest BCUT2D eigenvalue weighted by atomic mass is 79.9. The monoisotopic (exact) mass is 536 g/mol. The maximum absolute atomic E-state index is 13.2. The van der Waals surface area contributed by atoms with Crippen molar-refractivity contribution in [1.29, 1.82) is 0 Å². The molecule has 0 spiro atoms. The van der Waals surface area contributed by atoms with Gasteiger partial charge in [-0.3, -0.25) is 9.59 Å². The highest BCUT2D eigenvalue weighted by molar-refractivity contribution is 9.10. The van der Waals surface area contributed by atoms with E-state index in [4.69, 9.17) is 21.1 Å². The molecule has 3 rings (SSSR count). The summed E-state index contributed by atoms with van der Waals surface area (Å²) in [5.41, 5.74) is 0.897. The summed E-state index contributed by atoms with van der Waals surface area (Å²) in [6, 6.07) is 12.1. The summed E-state index contributed by atoms with van der Waals surface area (Å²) in [7, 11) is 1.61. The molecule has 1 fully saturated rings. The van der Waals surface area contributed by atoms with Crippen molar-refractivity contribution in [2.45, 2.75) is 57.7 Å². The maximum atomic E-state index is 13.2. The van der Waals surface area contributed by atoms with Gasteiger partial charge in [-0.05, 0) is 71.6 Å². The summed E-state index contributed by atoms with van der Waals surface area (Å²) in [6.07, 6.45) is 5.42. The van der Waals surface area contributed by atoms with Crippen molar-refractivity contribution >= 4 is 39.3 Å². The summed E-state index contributed by atoms with van der Waals surface area (Å²) >= 11 is 9.38.